The van der Waals surface area contributed by atoms with E-state index < -0.39 is 10.9 Å². The summed E-state index contributed by atoms with van der Waals surface area (Å²) >= 11 is 6.89. The number of alkyl halides is 1. The first-order valence-corrected chi connectivity index (χ1v) is 5.18. The van der Waals surface area contributed by atoms with Gasteiger partial charge >= 0.3 is 5.97 Å². The second kappa shape index (κ2) is 4.35. The Hall–Kier alpha value is 0.0700. The van der Waals surface area contributed by atoms with E-state index in [1.54, 1.807) is 11.8 Å². The maximum Gasteiger partial charge on any atom is 0.322 e. The maximum absolute atomic E-state index is 10.9. The van der Waals surface area contributed by atoms with E-state index >= 15 is 0 Å². The van der Waals surface area contributed by atoms with Gasteiger partial charge in [-0.05, 0) is 6.92 Å². The molecule has 0 aromatic rings. The summed E-state index contributed by atoms with van der Waals surface area (Å²) in [5.41, 5.74) is 0. The zero-order valence-electron chi connectivity index (χ0n) is 6.84. The quantitative estimate of drug-likeness (QED) is 0.508. The molecule has 0 spiro atoms. The second-order valence-electron chi connectivity index (χ2n) is 2.64. The van der Waals surface area contributed by atoms with Crippen LogP contribution in [0.15, 0.2) is 0 Å². The molecule has 0 bridgehead atoms. The van der Waals surface area contributed by atoms with Crippen LogP contribution in [0.25, 0.3) is 0 Å². The average molecular weight is 211 g/mol. The van der Waals surface area contributed by atoms with E-state index in [0.717, 1.165) is 12.4 Å². The highest BCUT2D eigenvalue weighted by atomic mass is 35.5. The first-order chi connectivity index (χ1) is 5.66. The minimum Gasteiger partial charge on any atom is -0.445 e. The van der Waals surface area contributed by atoms with Gasteiger partial charge in [0.25, 0.3) is 0 Å². The molecule has 0 aromatic carbocycles. The van der Waals surface area contributed by atoms with Gasteiger partial charge in [0.1, 0.15) is 5.88 Å². The number of hydrogen-bond donors (Lipinski definition) is 0. The van der Waals surface area contributed by atoms with E-state index in [0.29, 0.717) is 6.61 Å². The van der Waals surface area contributed by atoms with Crippen LogP contribution in [0.4, 0.5) is 0 Å². The summed E-state index contributed by atoms with van der Waals surface area (Å²) in [7, 11) is 0. The van der Waals surface area contributed by atoms with Gasteiger partial charge in [0.15, 0.2) is 4.93 Å². The molecule has 0 saturated carbocycles. The summed E-state index contributed by atoms with van der Waals surface area (Å²) in [6.07, 6.45) is 0. The van der Waals surface area contributed by atoms with E-state index in [-0.39, 0.29) is 5.88 Å². The van der Waals surface area contributed by atoms with Crippen molar-refractivity contribution in [3.63, 3.8) is 0 Å². The fraction of sp³-hybridized carbons (Fsp3) is 0.857. The summed E-state index contributed by atoms with van der Waals surface area (Å²) in [6.45, 7) is 3.00. The van der Waals surface area contributed by atoms with Crippen LogP contribution in [0.3, 0.4) is 0 Å². The highest BCUT2D eigenvalue weighted by Crippen LogP contribution is 2.30. The number of thioether (sulfide) groups is 1. The van der Waals surface area contributed by atoms with Crippen LogP contribution in [0.5, 0.6) is 0 Å². The Morgan fingerprint density at radius 2 is 2.58 bits per heavy atom. The number of rotatable bonds is 2. The average Bonchev–Trinajstić information content (AvgIpc) is 2.05. The molecule has 12 heavy (non-hydrogen) atoms. The largest absolute Gasteiger partial charge is 0.445 e. The Morgan fingerprint density at radius 1 is 1.83 bits per heavy atom. The SMILES string of the molecule is CC1(OC(=O)CCl)COCCS1. The lowest BCUT2D eigenvalue weighted by Gasteiger charge is -2.31. The molecule has 0 radical (unpaired) electrons. The number of carbonyl (C=O) groups is 1. The lowest BCUT2D eigenvalue weighted by Crippen LogP contribution is -2.38. The van der Waals surface area contributed by atoms with Crippen LogP contribution in [-0.4, -0.2) is 35.7 Å². The first-order valence-electron chi connectivity index (χ1n) is 3.66. The molecule has 1 aliphatic rings. The number of carbonyl (C=O) groups excluding carboxylic acids is 1. The first kappa shape index (κ1) is 10.2. The number of ether oxygens (including phenoxy) is 2. The maximum atomic E-state index is 10.9. The van der Waals surface area contributed by atoms with Crippen molar-refractivity contribution in [2.24, 2.45) is 0 Å². The lowest BCUT2D eigenvalue weighted by atomic mass is 10.4. The van der Waals surface area contributed by atoms with Crippen molar-refractivity contribution in [2.75, 3.05) is 24.8 Å². The van der Waals surface area contributed by atoms with E-state index in [1.807, 2.05) is 6.92 Å². The van der Waals surface area contributed by atoms with Crippen molar-refractivity contribution in [2.45, 2.75) is 11.9 Å². The van der Waals surface area contributed by atoms with Gasteiger partial charge in [-0.1, -0.05) is 0 Å². The monoisotopic (exact) mass is 210 g/mol. The molecular weight excluding hydrogens is 200 g/mol. The Kier molecular flexibility index (Phi) is 3.68. The molecule has 0 aromatic heterocycles. The Morgan fingerprint density at radius 3 is 3.08 bits per heavy atom. The van der Waals surface area contributed by atoms with Crippen molar-refractivity contribution in [3.8, 4) is 0 Å². The van der Waals surface area contributed by atoms with Crippen LogP contribution in [0.2, 0.25) is 0 Å². The topological polar surface area (TPSA) is 35.5 Å². The van der Waals surface area contributed by atoms with Gasteiger partial charge in [-0.15, -0.1) is 23.4 Å². The molecule has 1 rings (SSSR count). The van der Waals surface area contributed by atoms with E-state index in [2.05, 4.69) is 0 Å². The van der Waals surface area contributed by atoms with E-state index in [9.17, 15) is 4.79 Å². The normalized spacial score (nSPS) is 29.8. The second-order valence-corrected chi connectivity index (χ2v) is 4.47. The number of hydrogen-bond acceptors (Lipinski definition) is 4. The molecule has 1 saturated heterocycles. The smallest absolute Gasteiger partial charge is 0.322 e. The predicted molar refractivity (Wildman–Crippen MR) is 48.5 cm³/mol. The number of halogens is 1. The fourth-order valence-corrected chi connectivity index (χ4v) is 1.95. The summed E-state index contributed by atoms with van der Waals surface area (Å²) in [5.74, 6) is 0.361. The van der Waals surface area contributed by atoms with Crippen molar-refractivity contribution < 1.29 is 14.3 Å². The third kappa shape index (κ3) is 2.84. The zero-order valence-corrected chi connectivity index (χ0v) is 8.41. The summed E-state index contributed by atoms with van der Waals surface area (Å²) in [5, 5.41) is 0. The van der Waals surface area contributed by atoms with Gasteiger partial charge in [-0.2, -0.15) is 0 Å². The molecule has 0 amide bonds. The van der Waals surface area contributed by atoms with Gasteiger partial charge in [-0.25, -0.2) is 0 Å². The van der Waals surface area contributed by atoms with Crippen LogP contribution in [-0.2, 0) is 14.3 Å². The van der Waals surface area contributed by atoms with Crippen molar-refractivity contribution >= 4 is 29.3 Å². The van der Waals surface area contributed by atoms with Crippen LogP contribution >= 0.6 is 23.4 Å². The molecule has 0 aliphatic carbocycles. The van der Waals surface area contributed by atoms with Crippen LogP contribution < -0.4 is 0 Å². The highest BCUT2D eigenvalue weighted by Gasteiger charge is 2.32. The minimum absolute atomic E-state index is 0.101. The zero-order chi connectivity index (χ0) is 9.03. The Labute approximate surface area is 80.7 Å². The molecule has 1 aliphatic heterocycles. The minimum atomic E-state index is -0.537. The molecule has 3 nitrogen and oxygen atoms in total. The highest BCUT2D eigenvalue weighted by molar-refractivity contribution is 8.00. The molecule has 1 atom stereocenters. The predicted octanol–water partition coefficient (Wildman–Crippen LogP) is 1.25. The van der Waals surface area contributed by atoms with Crippen LogP contribution in [0.1, 0.15) is 6.92 Å². The van der Waals surface area contributed by atoms with Gasteiger partial charge in [0.2, 0.25) is 0 Å². The third-order valence-corrected chi connectivity index (χ3v) is 2.84. The molecule has 70 valence electrons. The lowest BCUT2D eigenvalue weighted by molar-refractivity contribution is -0.151. The molecule has 1 unspecified atom stereocenters. The molecular formula is C7H11ClO3S. The standard InChI is InChI=1S/C7H11ClO3S/c1-7(11-6(9)4-8)5-10-2-3-12-7/h2-5H2,1H3. The molecule has 1 heterocycles. The van der Waals surface area contributed by atoms with Crippen molar-refractivity contribution in [3.05, 3.63) is 0 Å². The van der Waals surface area contributed by atoms with Crippen molar-refractivity contribution in [1.29, 1.82) is 0 Å². The summed E-state index contributed by atoms with van der Waals surface area (Å²) < 4.78 is 10.3. The summed E-state index contributed by atoms with van der Waals surface area (Å²) in [4.78, 5) is 10.3. The van der Waals surface area contributed by atoms with E-state index in [1.165, 1.54) is 0 Å². The summed E-state index contributed by atoms with van der Waals surface area (Å²) in [6, 6.07) is 0. The fourth-order valence-electron chi connectivity index (χ4n) is 0.943. The third-order valence-electron chi connectivity index (χ3n) is 1.44. The van der Waals surface area contributed by atoms with Crippen molar-refractivity contribution in [1.82, 2.24) is 0 Å². The molecule has 5 heteroatoms. The molecule has 0 N–H and O–H groups in total. The van der Waals surface area contributed by atoms with E-state index in [4.69, 9.17) is 21.1 Å². The van der Waals surface area contributed by atoms with Gasteiger partial charge in [-0.3, -0.25) is 4.79 Å². The van der Waals surface area contributed by atoms with Crippen LogP contribution in [0, 0.1) is 0 Å². The van der Waals surface area contributed by atoms with Gasteiger partial charge < -0.3 is 9.47 Å². The number of esters is 1. The Balaban J connectivity index is 2.41. The van der Waals surface area contributed by atoms with Gasteiger partial charge in [0, 0.05) is 5.75 Å². The van der Waals surface area contributed by atoms with Gasteiger partial charge in [0.05, 0.1) is 13.2 Å². The molecule has 1 fully saturated rings. The Bertz CT molecular complexity index is 168.